The summed E-state index contributed by atoms with van der Waals surface area (Å²) in [5, 5.41) is 16.7. The van der Waals surface area contributed by atoms with E-state index in [2.05, 4.69) is 26.2 Å². The summed E-state index contributed by atoms with van der Waals surface area (Å²) in [5.74, 6) is -0.258. The van der Waals surface area contributed by atoms with Gasteiger partial charge in [0.2, 0.25) is 11.1 Å². The number of imide groups is 1. The van der Waals surface area contributed by atoms with Gasteiger partial charge in [0.25, 0.3) is 0 Å². The first-order valence-corrected chi connectivity index (χ1v) is 7.11. The van der Waals surface area contributed by atoms with Gasteiger partial charge in [-0.25, -0.2) is 9.48 Å². The third kappa shape index (κ3) is 3.66. The molecule has 2 N–H and O–H groups in total. The molecule has 0 aliphatic heterocycles. The zero-order valence-electron chi connectivity index (χ0n) is 10.6. The minimum absolute atomic E-state index is 0.112. The van der Waals surface area contributed by atoms with Gasteiger partial charge in [0.1, 0.15) is 0 Å². The van der Waals surface area contributed by atoms with Gasteiger partial charge in [-0.15, -0.1) is 5.10 Å². The normalized spacial score (nSPS) is 15.4. The fourth-order valence-corrected chi connectivity index (χ4v) is 2.76. The Hall–Kier alpha value is -1.64. The van der Waals surface area contributed by atoms with Gasteiger partial charge < -0.3 is 5.32 Å². The van der Waals surface area contributed by atoms with Gasteiger partial charge in [-0.3, -0.25) is 10.1 Å². The van der Waals surface area contributed by atoms with Crippen molar-refractivity contribution in [2.75, 3.05) is 12.8 Å². The average Bonchev–Trinajstić information content (AvgIpc) is 3.06. The van der Waals surface area contributed by atoms with Crippen LogP contribution in [0.25, 0.3) is 0 Å². The molecule has 1 saturated carbocycles. The van der Waals surface area contributed by atoms with Crippen LogP contribution in [0, 0.1) is 0 Å². The lowest BCUT2D eigenvalue weighted by molar-refractivity contribution is -0.117. The molecule has 8 nitrogen and oxygen atoms in total. The van der Waals surface area contributed by atoms with E-state index in [1.807, 2.05) is 0 Å². The van der Waals surface area contributed by atoms with Gasteiger partial charge in [0.05, 0.1) is 11.8 Å². The summed E-state index contributed by atoms with van der Waals surface area (Å²) in [6.45, 7) is 0. The summed E-state index contributed by atoms with van der Waals surface area (Å²) in [4.78, 5) is 22.4. The molecule has 1 heterocycles. The van der Waals surface area contributed by atoms with Crippen LogP contribution in [0.3, 0.4) is 0 Å². The molecule has 0 unspecified atom stereocenters. The number of nitrogens with one attached hydrogen (secondary N) is 2. The molecule has 0 atom stereocenters. The van der Waals surface area contributed by atoms with E-state index >= 15 is 0 Å². The number of nitrogens with zero attached hydrogens (tertiary/aromatic N) is 4. The Morgan fingerprint density at radius 1 is 1.42 bits per heavy atom. The molecule has 0 aromatic carbocycles. The Morgan fingerprint density at radius 3 is 2.84 bits per heavy atom. The van der Waals surface area contributed by atoms with Crippen LogP contribution in [0.4, 0.5) is 4.79 Å². The lowest BCUT2D eigenvalue weighted by Gasteiger charge is -2.10. The number of hydrogen-bond donors (Lipinski definition) is 2. The van der Waals surface area contributed by atoms with E-state index in [1.54, 1.807) is 4.68 Å². The second kappa shape index (κ2) is 6.50. The van der Waals surface area contributed by atoms with Crippen LogP contribution in [0.5, 0.6) is 0 Å². The first-order chi connectivity index (χ1) is 9.20. The largest absolute Gasteiger partial charge is 0.341 e. The Morgan fingerprint density at radius 2 is 2.16 bits per heavy atom. The maximum absolute atomic E-state index is 11.5. The molecule has 1 fully saturated rings. The van der Waals surface area contributed by atoms with Gasteiger partial charge >= 0.3 is 6.03 Å². The highest BCUT2D eigenvalue weighted by Crippen LogP contribution is 2.31. The Balaban J connectivity index is 1.87. The standard InChI is InChI=1S/C10H16N6O2S/c1-11-9(18)12-8(17)6-19-10-13-14-15-16(10)7-4-2-3-5-7/h7H,2-6H2,1H3,(H2,11,12,17,18). The van der Waals surface area contributed by atoms with Crippen LogP contribution in [0.1, 0.15) is 31.7 Å². The van der Waals surface area contributed by atoms with E-state index in [-0.39, 0.29) is 11.7 Å². The van der Waals surface area contributed by atoms with Crippen molar-refractivity contribution in [3.63, 3.8) is 0 Å². The number of urea groups is 1. The fourth-order valence-electron chi connectivity index (χ4n) is 2.01. The maximum Gasteiger partial charge on any atom is 0.321 e. The molecule has 0 radical (unpaired) electrons. The summed E-state index contributed by atoms with van der Waals surface area (Å²) in [5.41, 5.74) is 0. The topological polar surface area (TPSA) is 102 Å². The van der Waals surface area contributed by atoms with Gasteiger partial charge in [-0.2, -0.15) is 0 Å². The van der Waals surface area contributed by atoms with Crippen molar-refractivity contribution in [3.8, 4) is 0 Å². The number of aromatic nitrogens is 4. The molecule has 9 heteroatoms. The zero-order chi connectivity index (χ0) is 13.7. The molecule has 0 spiro atoms. The zero-order valence-corrected chi connectivity index (χ0v) is 11.4. The van der Waals surface area contributed by atoms with Crippen molar-refractivity contribution >= 4 is 23.7 Å². The number of hydrogen-bond acceptors (Lipinski definition) is 6. The molecule has 3 amide bonds. The van der Waals surface area contributed by atoms with E-state index in [0.29, 0.717) is 11.2 Å². The Labute approximate surface area is 114 Å². The first kappa shape index (κ1) is 13.8. The molecule has 0 saturated heterocycles. The van der Waals surface area contributed by atoms with Crippen molar-refractivity contribution < 1.29 is 9.59 Å². The Bertz CT molecular complexity index is 457. The third-order valence-electron chi connectivity index (χ3n) is 2.95. The highest BCUT2D eigenvalue weighted by molar-refractivity contribution is 7.99. The van der Waals surface area contributed by atoms with E-state index in [9.17, 15) is 9.59 Å². The second-order valence-corrected chi connectivity index (χ2v) is 5.20. The summed E-state index contributed by atoms with van der Waals surface area (Å²) in [7, 11) is 1.45. The molecule has 0 bridgehead atoms. The second-order valence-electron chi connectivity index (χ2n) is 4.26. The predicted molar refractivity (Wildman–Crippen MR) is 68.6 cm³/mol. The minimum atomic E-state index is -0.513. The Kier molecular flexibility index (Phi) is 4.72. The van der Waals surface area contributed by atoms with Crippen LogP contribution in [-0.4, -0.2) is 44.9 Å². The van der Waals surface area contributed by atoms with Crippen LogP contribution in [-0.2, 0) is 4.79 Å². The van der Waals surface area contributed by atoms with Crippen molar-refractivity contribution in [1.82, 2.24) is 30.8 Å². The van der Waals surface area contributed by atoms with Crippen molar-refractivity contribution in [2.24, 2.45) is 0 Å². The van der Waals surface area contributed by atoms with E-state index in [4.69, 9.17) is 0 Å². The highest BCUT2D eigenvalue weighted by atomic mass is 32.2. The number of tetrazole rings is 1. The van der Waals surface area contributed by atoms with Gasteiger partial charge in [-0.1, -0.05) is 24.6 Å². The van der Waals surface area contributed by atoms with Crippen molar-refractivity contribution in [2.45, 2.75) is 36.9 Å². The molecular formula is C10H16N6O2S. The van der Waals surface area contributed by atoms with Crippen LogP contribution in [0.15, 0.2) is 5.16 Å². The third-order valence-corrected chi connectivity index (χ3v) is 3.88. The van der Waals surface area contributed by atoms with Crippen molar-refractivity contribution in [1.29, 1.82) is 0 Å². The monoisotopic (exact) mass is 284 g/mol. The summed E-state index contributed by atoms with van der Waals surface area (Å²) >= 11 is 1.24. The first-order valence-electron chi connectivity index (χ1n) is 6.13. The average molecular weight is 284 g/mol. The lowest BCUT2D eigenvalue weighted by Crippen LogP contribution is -2.38. The summed E-state index contributed by atoms with van der Waals surface area (Å²) < 4.78 is 1.78. The summed E-state index contributed by atoms with van der Waals surface area (Å²) in [6.07, 6.45) is 4.52. The van der Waals surface area contributed by atoms with E-state index in [1.165, 1.54) is 31.7 Å². The molecule has 1 aromatic heterocycles. The molecule has 19 heavy (non-hydrogen) atoms. The van der Waals surface area contributed by atoms with E-state index < -0.39 is 6.03 Å². The van der Waals surface area contributed by atoms with E-state index in [0.717, 1.165) is 12.8 Å². The number of amides is 3. The fraction of sp³-hybridized carbons (Fsp3) is 0.700. The molecular weight excluding hydrogens is 268 g/mol. The SMILES string of the molecule is CNC(=O)NC(=O)CSc1nnnn1C1CCCC1. The van der Waals surface area contributed by atoms with Crippen molar-refractivity contribution in [3.05, 3.63) is 0 Å². The number of carbonyl (C=O) groups is 2. The maximum atomic E-state index is 11.5. The van der Waals surface area contributed by atoms with Gasteiger partial charge in [-0.05, 0) is 23.3 Å². The quantitative estimate of drug-likeness (QED) is 0.773. The molecule has 2 rings (SSSR count). The summed E-state index contributed by atoms with van der Waals surface area (Å²) in [6, 6.07) is -0.180. The van der Waals surface area contributed by atoms with Crippen LogP contribution >= 0.6 is 11.8 Å². The molecule has 1 aromatic rings. The highest BCUT2D eigenvalue weighted by Gasteiger charge is 2.22. The van der Waals surface area contributed by atoms with Crippen LogP contribution in [0.2, 0.25) is 0 Å². The predicted octanol–water partition coefficient (Wildman–Crippen LogP) is 0.336. The molecule has 1 aliphatic rings. The minimum Gasteiger partial charge on any atom is -0.341 e. The number of thioether (sulfide) groups is 1. The molecule has 104 valence electrons. The molecule has 1 aliphatic carbocycles. The number of rotatable bonds is 4. The number of carbonyl (C=O) groups excluding carboxylic acids is 2. The lowest BCUT2D eigenvalue weighted by atomic mass is 10.3. The smallest absolute Gasteiger partial charge is 0.321 e. The van der Waals surface area contributed by atoms with Gasteiger partial charge in [0, 0.05) is 7.05 Å². The van der Waals surface area contributed by atoms with Gasteiger partial charge in [0.15, 0.2) is 0 Å². The van der Waals surface area contributed by atoms with Crippen LogP contribution < -0.4 is 10.6 Å².